The van der Waals surface area contributed by atoms with Crippen molar-refractivity contribution in [3.8, 4) is 11.8 Å². The molecule has 5 heteroatoms. The van der Waals surface area contributed by atoms with Gasteiger partial charge in [-0.1, -0.05) is 18.2 Å². The van der Waals surface area contributed by atoms with Crippen LogP contribution >= 0.6 is 0 Å². The summed E-state index contributed by atoms with van der Waals surface area (Å²) in [7, 11) is 1.74. The molecule has 1 N–H and O–H groups in total. The standard InChI is InChI=1S/C18H19N3O2/c1-21(12-5-13-23-17-6-3-2-4-7-17)18(22)20-16-10-8-15(14-19)9-11-16/h2-4,6-11H,5,12-13H2,1H3,(H,20,22). The second-order valence-electron chi connectivity index (χ2n) is 5.06. The van der Waals surface area contributed by atoms with E-state index in [4.69, 9.17) is 10.00 Å². The van der Waals surface area contributed by atoms with Crippen molar-refractivity contribution in [3.05, 3.63) is 60.2 Å². The molecule has 2 rings (SSSR count). The van der Waals surface area contributed by atoms with Gasteiger partial charge in [-0.15, -0.1) is 0 Å². The van der Waals surface area contributed by atoms with Crippen molar-refractivity contribution in [2.75, 3.05) is 25.5 Å². The number of carbonyl (C=O) groups excluding carboxylic acids is 1. The van der Waals surface area contributed by atoms with Gasteiger partial charge in [-0.3, -0.25) is 0 Å². The molecule has 2 amide bonds. The van der Waals surface area contributed by atoms with Crippen LogP contribution in [0.5, 0.6) is 5.75 Å². The molecular weight excluding hydrogens is 290 g/mol. The van der Waals surface area contributed by atoms with Gasteiger partial charge in [0.2, 0.25) is 0 Å². The molecule has 0 aliphatic carbocycles. The number of para-hydroxylation sites is 1. The van der Waals surface area contributed by atoms with Crippen molar-refractivity contribution >= 4 is 11.7 Å². The monoisotopic (exact) mass is 309 g/mol. The zero-order valence-electron chi connectivity index (χ0n) is 13.0. The topological polar surface area (TPSA) is 65.4 Å². The van der Waals surface area contributed by atoms with Crippen molar-refractivity contribution in [3.63, 3.8) is 0 Å². The molecule has 0 aromatic heterocycles. The summed E-state index contributed by atoms with van der Waals surface area (Å²) < 4.78 is 5.59. The average molecular weight is 309 g/mol. The van der Waals surface area contributed by atoms with Crippen molar-refractivity contribution in [1.82, 2.24) is 4.90 Å². The minimum atomic E-state index is -0.186. The van der Waals surface area contributed by atoms with Crippen LogP contribution in [0, 0.1) is 11.3 Å². The number of hydrogen-bond acceptors (Lipinski definition) is 3. The Morgan fingerprint density at radius 3 is 2.52 bits per heavy atom. The Morgan fingerprint density at radius 2 is 1.87 bits per heavy atom. The van der Waals surface area contributed by atoms with E-state index in [0.717, 1.165) is 12.2 Å². The number of ether oxygens (including phenoxy) is 1. The van der Waals surface area contributed by atoms with Crippen LogP contribution in [0.1, 0.15) is 12.0 Å². The van der Waals surface area contributed by atoms with Gasteiger partial charge in [0.05, 0.1) is 18.2 Å². The van der Waals surface area contributed by atoms with E-state index in [1.54, 1.807) is 36.2 Å². The smallest absolute Gasteiger partial charge is 0.321 e. The highest BCUT2D eigenvalue weighted by Crippen LogP contribution is 2.10. The lowest BCUT2D eigenvalue weighted by Gasteiger charge is -2.18. The third-order valence-corrected chi connectivity index (χ3v) is 3.26. The number of amides is 2. The third-order valence-electron chi connectivity index (χ3n) is 3.26. The van der Waals surface area contributed by atoms with Gasteiger partial charge < -0.3 is 15.0 Å². The van der Waals surface area contributed by atoms with Gasteiger partial charge in [0.25, 0.3) is 0 Å². The Hall–Kier alpha value is -3.00. The fourth-order valence-corrected chi connectivity index (χ4v) is 1.96. The van der Waals surface area contributed by atoms with Gasteiger partial charge in [0, 0.05) is 19.3 Å². The number of nitrogens with one attached hydrogen (secondary N) is 1. The van der Waals surface area contributed by atoms with Gasteiger partial charge in [-0.25, -0.2) is 4.79 Å². The molecule has 0 saturated carbocycles. The quantitative estimate of drug-likeness (QED) is 0.831. The first-order valence-electron chi connectivity index (χ1n) is 7.39. The van der Waals surface area contributed by atoms with Crippen molar-refractivity contribution in [2.24, 2.45) is 0 Å². The van der Waals surface area contributed by atoms with Gasteiger partial charge in [0.1, 0.15) is 5.75 Å². The summed E-state index contributed by atoms with van der Waals surface area (Å²) in [5.74, 6) is 0.831. The maximum Gasteiger partial charge on any atom is 0.321 e. The van der Waals surface area contributed by atoms with E-state index in [-0.39, 0.29) is 6.03 Å². The molecule has 0 bridgehead atoms. The fourth-order valence-electron chi connectivity index (χ4n) is 1.96. The second-order valence-corrected chi connectivity index (χ2v) is 5.06. The summed E-state index contributed by atoms with van der Waals surface area (Å²) in [4.78, 5) is 13.6. The Kier molecular flexibility index (Phi) is 6.01. The predicted molar refractivity (Wildman–Crippen MR) is 89.4 cm³/mol. The normalized spacial score (nSPS) is 9.74. The Bertz CT molecular complexity index is 663. The van der Waals surface area contributed by atoms with Crippen LogP contribution in [0.4, 0.5) is 10.5 Å². The average Bonchev–Trinajstić information content (AvgIpc) is 2.60. The molecular formula is C18H19N3O2. The van der Waals surface area contributed by atoms with E-state index >= 15 is 0 Å². The highest BCUT2D eigenvalue weighted by atomic mass is 16.5. The molecule has 0 fully saturated rings. The summed E-state index contributed by atoms with van der Waals surface area (Å²) in [5.41, 5.74) is 1.23. The Morgan fingerprint density at radius 1 is 1.17 bits per heavy atom. The molecule has 0 heterocycles. The van der Waals surface area contributed by atoms with E-state index in [2.05, 4.69) is 5.32 Å². The van der Waals surface area contributed by atoms with E-state index in [9.17, 15) is 4.79 Å². The summed E-state index contributed by atoms with van der Waals surface area (Å²) in [5, 5.41) is 11.5. The maximum atomic E-state index is 12.0. The Labute approximate surface area is 136 Å². The highest BCUT2D eigenvalue weighted by Gasteiger charge is 2.08. The second kappa shape index (κ2) is 8.44. The number of urea groups is 1. The van der Waals surface area contributed by atoms with Crippen LogP contribution in [0.25, 0.3) is 0 Å². The van der Waals surface area contributed by atoms with Crippen LogP contribution in [0.3, 0.4) is 0 Å². The zero-order valence-corrected chi connectivity index (χ0v) is 13.0. The van der Waals surface area contributed by atoms with Crippen LogP contribution in [-0.4, -0.2) is 31.1 Å². The molecule has 23 heavy (non-hydrogen) atoms. The predicted octanol–water partition coefficient (Wildman–Crippen LogP) is 3.49. The van der Waals surface area contributed by atoms with Gasteiger partial charge >= 0.3 is 6.03 Å². The van der Waals surface area contributed by atoms with E-state index in [0.29, 0.717) is 24.4 Å². The molecule has 2 aromatic rings. The van der Waals surface area contributed by atoms with Crippen molar-refractivity contribution < 1.29 is 9.53 Å². The number of nitriles is 1. The zero-order chi connectivity index (χ0) is 16.5. The maximum absolute atomic E-state index is 12.0. The molecule has 2 aromatic carbocycles. The molecule has 5 nitrogen and oxygen atoms in total. The van der Waals surface area contributed by atoms with Crippen molar-refractivity contribution in [1.29, 1.82) is 5.26 Å². The van der Waals surface area contributed by atoms with Gasteiger partial charge in [-0.05, 0) is 42.8 Å². The molecule has 0 aliphatic rings. The number of anilines is 1. The van der Waals surface area contributed by atoms with Gasteiger partial charge in [-0.2, -0.15) is 5.26 Å². The fraction of sp³-hybridized carbons (Fsp3) is 0.222. The first kappa shape index (κ1) is 16.4. The number of nitrogens with zero attached hydrogens (tertiary/aromatic N) is 2. The van der Waals surface area contributed by atoms with E-state index in [1.165, 1.54) is 0 Å². The molecule has 118 valence electrons. The lowest BCUT2D eigenvalue weighted by Crippen LogP contribution is -2.32. The molecule has 0 aliphatic heterocycles. The third kappa shape index (κ3) is 5.36. The number of carbonyl (C=O) groups is 1. The molecule has 0 radical (unpaired) electrons. The van der Waals surface area contributed by atoms with Crippen LogP contribution in [-0.2, 0) is 0 Å². The Balaban J connectivity index is 1.71. The minimum absolute atomic E-state index is 0.186. The largest absolute Gasteiger partial charge is 0.494 e. The molecule has 0 unspecified atom stereocenters. The number of benzene rings is 2. The van der Waals surface area contributed by atoms with Crippen LogP contribution < -0.4 is 10.1 Å². The first-order valence-corrected chi connectivity index (χ1v) is 7.39. The summed E-state index contributed by atoms with van der Waals surface area (Å²) in [6.45, 7) is 1.15. The lowest BCUT2D eigenvalue weighted by atomic mass is 10.2. The van der Waals surface area contributed by atoms with E-state index in [1.807, 2.05) is 36.4 Å². The highest BCUT2D eigenvalue weighted by molar-refractivity contribution is 5.89. The summed E-state index contributed by atoms with van der Waals surface area (Å²) in [6, 6.07) is 18.2. The molecule has 0 saturated heterocycles. The van der Waals surface area contributed by atoms with E-state index < -0.39 is 0 Å². The SMILES string of the molecule is CN(CCCOc1ccccc1)C(=O)Nc1ccc(C#N)cc1. The minimum Gasteiger partial charge on any atom is -0.494 e. The number of hydrogen-bond donors (Lipinski definition) is 1. The first-order chi connectivity index (χ1) is 11.2. The van der Waals surface area contributed by atoms with Crippen LogP contribution in [0.15, 0.2) is 54.6 Å². The molecule has 0 spiro atoms. The summed E-state index contributed by atoms with van der Waals surface area (Å²) in [6.07, 6.45) is 0.742. The lowest BCUT2D eigenvalue weighted by molar-refractivity contribution is 0.216. The van der Waals surface area contributed by atoms with Crippen molar-refractivity contribution in [2.45, 2.75) is 6.42 Å². The molecule has 0 atom stereocenters. The number of rotatable bonds is 6. The van der Waals surface area contributed by atoms with Crippen LogP contribution in [0.2, 0.25) is 0 Å². The van der Waals surface area contributed by atoms with Gasteiger partial charge in [0.15, 0.2) is 0 Å². The summed E-state index contributed by atoms with van der Waals surface area (Å²) >= 11 is 0.